The van der Waals surface area contributed by atoms with Crippen LogP contribution < -0.4 is 0 Å². The van der Waals surface area contributed by atoms with E-state index in [-0.39, 0.29) is 9.64 Å². The molecule has 2 rings (SSSR count). The molecule has 98 valence electrons. The molecular formula is C11H21N3OS2. The molecule has 1 amide bonds. The first-order valence-corrected chi connectivity index (χ1v) is 8.77. The first kappa shape index (κ1) is 13.4. The predicted octanol–water partition coefficient (Wildman–Crippen LogP) is -0.149. The second-order valence-corrected chi connectivity index (χ2v) is 7.53. The number of amides is 1. The largest absolute Gasteiger partial charge is 0.339 e. The Labute approximate surface area is 111 Å². The number of carbonyl (C=O) groups is 1. The number of hydrogen-bond donors (Lipinski definition) is 0. The van der Waals surface area contributed by atoms with E-state index in [0.717, 1.165) is 39.3 Å². The third-order valence-electron chi connectivity index (χ3n) is 3.51. The van der Waals surface area contributed by atoms with Crippen molar-refractivity contribution in [2.45, 2.75) is 12.8 Å². The summed E-state index contributed by atoms with van der Waals surface area (Å²) in [5, 5.41) is 0. The van der Waals surface area contributed by atoms with E-state index in [1.807, 2.05) is 4.90 Å². The normalized spacial score (nSPS) is 25.1. The summed E-state index contributed by atoms with van der Waals surface area (Å²) in [6.07, 6.45) is 4.56. The van der Waals surface area contributed by atoms with Gasteiger partial charge in [-0.25, -0.2) is 4.31 Å². The molecule has 2 fully saturated rings. The van der Waals surface area contributed by atoms with Gasteiger partial charge in [-0.3, -0.25) is 9.69 Å². The molecule has 1 atom stereocenters. The molecule has 0 saturated carbocycles. The molecule has 0 aliphatic carbocycles. The fraction of sp³-hybridized carbons (Fsp3) is 0.909. The Morgan fingerprint density at radius 1 is 1.12 bits per heavy atom. The number of hydrogen-bond acceptors (Lipinski definition) is 3. The van der Waals surface area contributed by atoms with Crippen molar-refractivity contribution < 1.29 is 4.79 Å². The van der Waals surface area contributed by atoms with Crippen molar-refractivity contribution in [1.82, 2.24) is 14.1 Å². The molecule has 2 aliphatic heterocycles. The molecule has 0 N–H and O–H groups in total. The van der Waals surface area contributed by atoms with Crippen LogP contribution in [0.3, 0.4) is 0 Å². The smallest absolute Gasteiger partial charge is 0.236 e. The van der Waals surface area contributed by atoms with Crippen LogP contribution in [0.2, 0.25) is 0 Å². The highest BCUT2D eigenvalue weighted by Crippen LogP contribution is 2.09. The first-order chi connectivity index (χ1) is 8.16. The molecule has 6 heteroatoms. The highest BCUT2D eigenvalue weighted by molar-refractivity contribution is 8.27. The van der Waals surface area contributed by atoms with Crippen LogP contribution in [-0.2, 0) is 25.6 Å². The minimum Gasteiger partial charge on any atom is -0.339 e. The molecule has 0 spiro atoms. The summed E-state index contributed by atoms with van der Waals surface area (Å²) in [6, 6.07) is 0. The van der Waals surface area contributed by atoms with Gasteiger partial charge in [-0.2, -0.15) is 0 Å². The third kappa shape index (κ3) is 3.71. The third-order valence-corrected chi connectivity index (χ3v) is 5.24. The monoisotopic (exact) mass is 275 g/mol. The van der Waals surface area contributed by atoms with E-state index < -0.39 is 0 Å². The summed E-state index contributed by atoms with van der Waals surface area (Å²) < 4.78 is 2.29. The molecule has 4 nitrogen and oxygen atoms in total. The van der Waals surface area contributed by atoms with E-state index in [1.54, 1.807) is 0 Å². The zero-order chi connectivity index (χ0) is 12.3. The van der Waals surface area contributed by atoms with Gasteiger partial charge < -0.3 is 4.90 Å². The maximum atomic E-state index is 12.1. The van der Waals surface area contributed by atoms with E-state index in [2.05, 4.69) is 15.5 Å². The Balaban J connectivity index is 1.75. The fourth-order valence-corrected chi connectivity index (χ4v) is 3.55. The van der Waals surface area contributed by atoms with Crippen molar-refractivity contribution >= 4 is 26.7 Å². The molecule has 1 unspecified atom stereocenters. The van der Waals surface area contributed by atoms with Crippen molar-refractivity contribution in [2.75, 3.05) is 52.1 Å². The van der Waals surface area contributed by atoms with Crippen molar-refractivity contribution in [3.63, 3.8) is 0 Å². The van der Waals surface area contributed by atoms with E-state index >= 15 is 0 Å². The van der Waals surface area contributed by atoms with Crippen LogP contribution in [0.15, 0.2) is 0 Å². The first-order valence-electron chi connectivity index (χ1n) is 6.25. The number of carbonyl (C=O) groups excluding carboxylic acids is 1. The van der Waals surface area contributed by atoms with Crippen LogP contribution in [0.1, 0.15) is 12.8 Å². The van der Waals surface area contributed by atoms with Crippen LogP contribution in [-0.4, -0.2) is 72.1 Å². The highest BCUT2D eigenvalue weighted by Gasteiger charge is 2.23. The Hall–Kier alpha value is -0.0400. The highest BCUT2D eigenvalue weighted by atomic mass is 32.8. The maximum absolute atomic E-state index is 12.1. The Kier molecular flexibility index (Phi) is 4.90. The van der Waals surface area contributed by atoms with Crippen molar-refractivity contribution in [1.29, 1.82) is 0 Å². The molecular weight excluding hydrogens is 254 g/mol. The van der Waals surface area contributed by atoms with Gasteiger partial charge in [-0.1, -0.05) is 9.64 Å². The van der Waals surface area contributed by atoms with Gasteiger partial charge in [-0.05, 0) is 37.1 Å². The Morgan fingerprint density at radius 3 is 2.24 bits per heavy atom. The number of rotatable bonds is 3. The fourth-order valence-electron chi connectivity index (χ4n) is 2.43. The van der Waals surface area contributed by atoms with Crippen LogP contribution in [0, 0.1) is 0 Å². The summed E-state index contributed by atoms with van der Waals surface area (Å²) in [6.45, 7) is 6.38. The van der Waals surface area contributed by atoms with Gasteiger partial charge in [0.2, 0.25) is 5.91 Å². The average molecular weight is 275 g/mol. The molecule has 0 bridgehead atoms. The van der Waals surface area contributed by atoms with Crippen molar-refractivity contribution in [2.24, 2.45) is 0 Å². The predicted molar refractivity (Wildman–Crippen MR) is 74.5 cm³/mol. The molecule has 17 heavy (non-hydrogen) atoms. The van der Waals surface area contributed by atoms with Crippen LogP contribution in [0.25, 0.3) is 0 Å². The lowest BCUT2D eigenvalue weighted by molar-refractivity contribution is -0.133. The van der Waals surface area contributed by atoms with E-state index in [9.17, 15) is 4.79 Å². The summed E-state index contributed by atoms with van der Waals surface area (Å²) in [4.78, 5) is 16.3. The molecule has 0 radical (unpaired) electrons. The molecule has 2 aliphatic rings. The molecule has 0 aromatic carbocycles. The van der Waals surface area contributed by atoms with Crippen LogP contribution in [0.4, 0.5) is 0 Å². The van der Waals surface area contributed by atoms with Gasteiger partial charge >= 0.3 is 0 Å². The molecule has 2 saturated heterocycles. The lowest BCUT2D eigenvalue weighted by atomic mass is 10.3. The van der Waals surface area contributed by atoms with Gasteiger partial charge in [0, 0.05) is 32.4 Å². The van der Waals surface area contributed by atoms with Crippen LogP contribution in [0.5, 0.6) is 0 Å². The minimum atomic E-state index is -0.0658. The number of likely N-dealkylation sites (tertiary alicyclic amines) is 1. The maximum Gasteiger partial charge on any atom is 0.236 e. The number of nitrogens with zero attached hydrogens (tertiary/aromatic N) is 3. The molecule has 0 aromatic rings. The summed E-state index contributed by atoms with van der Waals surface area (Å²) in [5.41, 5.74) is 0. The van der Waals surface area contributed by atoms with Crippen LogP contribution >= 0.6 is 0 Å². The van der Waals surface area contributed by atoms with E-state index in [1.165, 1.54) is 12.8 Å². The molecule has 2 heterocycles. The second-order valence-electron chi connectivity index (χ2n) is 4.72. The van der Waals surface area contributed by atoms with Gasteiger partial charge in [-0.15, -0.1) is 0 Å². The number of piperazine rings is 1. The zero-order valence-electron chi connectivity index (χ0n) is 10.4. The lowest BCUT2D eigenvalue weighted by Gasteiger charge is -2.35. The van der Waals surface area contributed by atoms with Gasteiger partial charge in [0.15, 0.2) is 0 Å². The lowest BCUT2D eigenvalue weighted by Crippen LogP contribution is -2.51. The van der Waals surface area contributed by atoms with Gasteiger partial charge in [0.05, 0.1) is 6.54 Å². The second kappa shape index (κ2) is 6.22. The van der Waals surface area contributed by atoms with Gasteiger partial charge in [0.25, 0.3) is 0 Å². The SMILES string of the molecule is CS(=S)N1CCN(C(=O)CN2CCCC2)CC1. The summed E-state index contributed by atoms with van der Waals surface area (Å²) in [7, 11) is -0.0658. The zero-order valence-corrected chi connectivity index (χ0v) is 12.1. The standard InChI is InChI=1S/C11H21N3OS2/c1-17(16)14-8-6-13(7-9-14)11(15)10-12-4-2-3-5-12/h2-10H2,1H3. The quantitative estimate of drug-likeness (QED) is 0.716. The van der Waals surface area contributed by atoms with Crippen molar-refractivity contribution in [3.05, 3.63) is 0 Å². The summed E-state index contributed by atoms with van der Waals surface area (Å²) in [5.74, 6) is 0.298. The Bertz CT molecular complexity index is 297. The Morgan fingerprint density at radius 2 is 1.71 bits per heavy atom. The van der Waals surface area contributed by atoms with E-state index in [4.69, 9.17) is 11.2 Å². The molecule has 0 aromatic heterocycles. The summed E-state index contributed by atoms with van der Waals surface area (Å²) >= 11 is 5.26. The topological polar surface area (TPSA) is 26.8 Å². The van der Waals surface area contributed by atoms with Crippen molar-refractivity contribution in [3.8, 4) is 0 Å². The average Bonchev–Trinajstić information content (AvgIpc) is 2.82. The minimum absolute atomic E-state index is 0.0658. The van der Waals surface area contributed by atoms with E-state index in [0.29, 0.717) is 12.5 Å². The van der Waals surface area contributed by atoms with Gasteiger partial charge in [0.1, 0.15) is 0 Å².